The zero-order chi connectivity index (χ0) is 20.8. The first-order valence-corrected chi connectivity index (χ1v) is 11.5. The van der Waals surface area contributed by atoms with Crippen LogP contribution in [0.2, 0.25) is 0 Å². The van der Waals surface area contributed by atoms with E-state index in [9.17, 15) is 13.2 Å². The number of carbonyl (C=O) groups is 1. The highest BCUT2D eigenvalue weighted by Crippen LogP contribution is 2.32. The van der Waals surface area contributed by atoms with E-state index in [4.69, 9.17) is 0 Å². The Morgan fingerprint density at radius 1 is 0.929 bits per heavy atom. The Bertz CT molecular complexity index is 1010. The lowest BCUT2D eigenvalue weighted by molar-refractivity contribution is 0.0692. The van der Waals surface area contributed by atoms with Crippen molar-refractivity contribution < 1.29 is 13.2 Å². The van der Waals surface area contributed by atoms with E-state index >= 15 is 0 Å². The van der Waals surface area contributed by atoms with Crippen molar-refractivity contribution >= 4 is 31.9 Å². The molecule has 0 radical (unpaired) electrons. The Labute approximate surface area is 175 Å². The summed E-state index contributed by atoms with van der Waals surface area (Å²) in [6, 6.07) is 1.73. The summed E-state index contributed by atoms with van der Waals surface area (Å²) in [6.45, 7) is 11.1. The highest BCUT2D eigenvalue weighted by molar-refractivity contribution is 9.10. The summed E-state index contributed by atoms with van der Waals surface area (Å²) in [5, 5.41) is 0. The van der Waals surface area contributed by atoms with Crippen molar-refractivity contribution in [1.82, 2.24) is 14.2 Å². The number of carbonyl (C=O) groups excluding carboxylic acids is 1. The Balaban J connectivity index is 1.84. The average Bonchev–Trinajstić information content (AvgIpc) is 3.10. The molecule has 8 heteroatoms. The Morgan fingerprint density at radius 2 is 1.43 bits per heavy atom. The van der Waals surface area contributed by atoms with E-state index in [2.05, 4.69) is 20.9 Å². The molecule has 0 bridgehead atoms. The zero-order valence-corrected chi connectivity index (χ0v) is 19.3. The molecule has 1 saturated heterocycles. The normalized spacial score (nSPS) is 15.9. The van der Waals surface area contributed by atoms with Crippen molar-refractivity contribution in [1.29, 1.82) is 0 Å². The number of hydrogen-bond acceptors (Lipinski definition) is 3. The molecule has 1 N–H and O–H groups in total. The summed E-state index contributed by atoms with van der Waals surface area (Å²) in [5.74, 6) is -0.114. The number of nitrogens with zero attached hydrogens (tertiary/aromatic N) is 2. The van der Waals surface area contributed by atoms with Crippen LogP contribution in [0.25, 0.3) is 0 Å². The van der Waals surface area contributed by atoms with Crippen molar-refractivity contribution in [2.24, 2.45) is 0 Å². The number of aromatic nitrogens is 1. The number of sulfonamides is 1. The maximum Gasteiger partial charge on any atom is 0.270 e. The summed E-state index contributed by atoms with van der Waals surface area (Å²) in [4.78, 5) is 17.6. The Hall–Kier alpha value is -1.64. The molecule has 0 saturated carbocycles. The number of hydrogen-bond donors (Lipinski definition) is 1. The van der Waals surface area contributed by atoms with Gasteiger partial charge in [-0.2, -0.15) is 4.31 Å². The van der Waals surface area contributed by atoms with Crippen LogP contribution in [0.15, 0.2) is 21.6 Å². The Kier molecular flexibility index (Phi) is 5.76. The minimum absolute atomic E-state index is 0.114. The zero-order valence-electron chi connectivity index (χ0n) is 16.9. The van der Waals surface area contributed by atoms with E-state index in [1.54, 1.807) is 17.2 Å². The number of piperazine rings is 1. The van der Waals surface area contributed by atoms with Crippen LogP contribution in [0.1, 0.15) is 38.3 Å². The molecule has 1 aromatic carbocycles. The fraction of sp³-hybridized carbons (Fsp3) is 0.450. The molecule has 1 fully saturated rings. The number of benzene rings is 1. The first-order chi connectivity index (χ1) is 13.1. The topological polar surface area (TPSA) is 73.5 Å². The molecule has 28 heavy (non-hydrogen) atoms. The number of amides is 1. The van der Waals surface area contributed by atoms with Gasteiger partial charge in [0.1, 0.15) is 5.69 Å². The van der Waals surface area contributed by atoms with Crippen molar-refractivity contribution in [3.63, 3.8) is 0 Å². The highest BCUT2D eigenvalue weighted by atomic mass is 79.9. The quantitative estimate of drug-likeness (QED) is 0.750. The monoisotopic (exact) mass is 467 g/mol. The second kappa shape index (κ2) is 7.65. The maximum absolute atomic E-state index is 13.4. The molecule has 3 rings (SSSR count). The van der Waals surface area contributed by atoms with Gasteiger partial charge in [-0.3, -0.25) is 4.79 Å². The molecule has 1 amide bonds. The first-order valence-electron chi connectivity index (χ1n) is 9.26. The molecule has 1 aliphatic heterocycles. The van der Waals surface area contributed by atoms with Gasteiger partial charge in [0.15, 0.2) is 0 Å². The largest absolute Gasteiger partial charge is 0.356 e. The lowest BCUT2D eigenvalue weighted by Gasteiger charge is -2.34. The SMILES string of the molecule is Cc1c(C)c(C)c(S(=O)(=O)N2CCN(C(=O)c3cc(Br)c[nH]3)CC2)c(C)c1C. The average molecular weight is 468 g/mol. The smallest absolute Gasteiger partial charge is 0.270 e. The number of nitrogens with one attached hydrogen (secondary N) is 1. The van der Waals surface area contributed by atoms with E-state index in [1.165, 1.54) is 4.31 Å². The molecule has 2 heterocycles. The van der Waals surface area contributed by atoms with Gasteiger partial charge in [0.25, 0.3) is 5.91 Å². The predicted molar refractivity (Wildman–Crippen MR) is 113 cm³/mol. The minimum Gasteiger partial charge on any atom is -0.356 e. The predicted octanol–water partition coefficient (Wildman–Crippen LogP) is 3.47. The van der Waals surface area contributed by atoms with Crippen LogP contribution in [0.5, 0.6) is 0 Å². The van der Waals surface area contributed by atoms with Crippen LogP contribution in [0.4, 0.5) is 0 Å². The maximum atomic E-state index is 13.4. The second-order valence-corrected chi connectivity index (χ2v) is 10.2. The Morgan fingerprint density at radius 3 is 1.89 bits per heavy atom. The molecule has 1 aromatic heterocycles. The molecule has 1 aliphatic rings. The molecule has 0 unspecified atom stereocenters. The van der Waals surface area contributed by atoms with Crippen LogP contribution in [-0.4, -0.2) is 54.7 Å². The third-order valence-electron chi connectivity index (χ3n) is 5.93. The molecule has 2 aromatic rings. The number of aromatic amines is 1. The third-order valence-corrected chi connectivity index (χ3v) is 8.56. The molecular weight excluding hydrogens is 442 g/mol. The van der Waals surface area contributed by atoms with Gasteiger partial charge in [0.2, 0.25) is 10.0 Å². The van der Waals surface area contributed by atoms with Crippen LogP contribution < -0.4 is 0 Å². The van der Waals surface area contributed by atoms with Crippen molar-refractivity contribution in [2.75, 3.05) is 26.2 Å². The van der Waals surface area contributed by atoms with Gasteiger partial charge in [-0.05, 0) is 84.4 Å². The van der Waals surface area contributed by atoms with E-state index in [-0.39, 0.29) is 5.91 Å². The molecular formula is C20H26BrN3O3S. The summed E-state index contributed by atoms with van der Waals surface area (Å²) in [5.41, 5.74) is 5.31. The third kappa shape index (κ3) is 3.53. The lowest BCUT2D eigenvalue weighted by Crippen LogP contribution is -2.50. The van der Waals surface area contributed by atoms with Gasteiger partial charge >= 0.3 is 0 Å². The van der Waals surface area contributed by atoms with Gasteiger partial charge in [-0.25, -0.2) is 8.42 Å². The summed E-state index contributed by atoms with van der Waals surface area (Å²) >= 11 is 3.33. The van der Waals surface area contributed by atoms with Crippen molar-refractivity contribution in [3.8, 4) is 0 Å². The van der Waals surface area contributed by atoms with Gasteiger partial charge in [0.05, 0.1) is 4.90 Å². The number of halogens is 1. The molecule has 0 aliphatic carbocycles. The van der Waals surface area contributed by atoms with Gasteiger partial charge in [-0.15, -0.1) is 0 Å². The van der Waals surface area contributed by atoms with E-state index in [1.807, 2.05) is 34.6 Å². The fourth-order valence-corrected chi connectivity index (χ4v) is 6.10. The van der Waals surface area contributed by atoms with Crippen LogP contribution in [-0.2, 0) is 10.0 Å². The van der Waals surface area contributed by atoms with E-state index in [0.717, 1.165) is 32.3 Å². The van der Waals surface area contributed by atoms with Gasteiger partial charge in [-0.1, -0.05) is 0 Å². The summed E-state index contributed by atoms with van der Waals surface area (Å²) in [6.07, 6.45) is 1.71. The van der Waals surface area contributed by atoms with Crippen LogP contribution in [0, 0.1) is 34.6 Å². The standard InChI is InChI=1S/C20H26BrN3O3S/c1-12-13(2)15(4)19(16(5)14(12)3)28(26,27)24-8-6-23(7-9-24)20(25)18-10-17(21)11-22-18/h10-11,22H,6-9H2,1-5H3. The van der Waals surface area contributed by atoms with Gasteiger partial charge < -0.3 is 9.88 Å². The van der Waals surface area contributed by atoms with Crippen LogP contribution >= 0.6 is 15.9 Å². The fourth-order valence-electron chi connectivity index (χ4n) is 3.77. The van der Waals surface area contributed by atoms with Crippen LogP contribution in [0.3, 0.4) is 0 Å². The second-order valence-electron chi connectivity index (χ2n) is 7.38. The van der Waals surface area contributed by atoms with Crippen molar-refractivity contribution in [3.05, 3.63) is 50.2 Å². The minimum atomic E-state index is -3.61. The van der Waals surface area contributed by atoms with Crippen molar-refractivity contribution in [2.45, 2.75) is 39.5 Å². The molecule has 152 valence electrons. The number of H-pyrrole nitrogens is 1. The lowest BCUT2D eigenvalue weighted by atomic mass is 9.95. The van der Waals surface area contributed by atoms with E-state index in [0.29, 0.717) is 36.8 Å². The molecule has 0 spiro atoms. The first kappa shape index (κ1) is 21.1. The molecule has 0 atom stereocenters. The van der Waals surface area contributed by atoms with E-state index < -0.39 is 10.0 Å². The van der Waals surface area contributed by atoms with Gasteiger partial charge in [0, 0.05) is 36.8 Å². The highest BCUT2D eigenvalue weighted by Gasteiger charge is 2.33. The summed E-state index contributed by atoms with van der Waals surface area (Å²) in [7, 11) is -3.61. The molecule has 6 nitrogen and oxygen atoms in total. The number of rotatable bonds is 3. The summed E-state index contributed by atoms with van der Waals surface area (Å²) < 4.78 is 29.1.